The molecule has 150 valence electrons. The van der Waals surface area contributed by atoms with Crippen molar-refractivity contribution in [3.8, 4) is 0 Å². The number of rotatable bonds is 5. The Labute approximate surface area is 182 Å². The highest BCUT2D eigenvalue weighted by molar-refractivity contribution is 9.10. The maximum atomic E-state index is 12.9. The fourth-order valence-electron chi connectivity index (χ4n) is 3.28. The first kappa shape index (κ1) is 19.8. The van der Waals surface area contributed by atoms with Gasteiger partial charge >= 0.3 is 6.03 Å². The molecule has 6 nitrogen and oxygen atoms in total. The molecule has 1 fully saturated rings. The van der Waals surface area contributed by atoms with Crippen molar-refractivity contribution in [1.82, 2.24) is 5.32 Å². The maximum Gasteiger partial charge on any atom is 0.321 e. The molecular weight excluding hydrogens is 446 g/mol. The number of carbonyl (C=O) groups is 3. The number of hydrogen-bond acceptors (Lipinski definition) is 3. The quantitative estimate of drug-likeness (QED) is 0.548. The van der Waals surface area contributed by atoms with Crippen LogP contribution in [0.3, 0.4) is 0 Å². The minimum absolute atomic E-state index is 0.132. The van der Waals surface area contributed by atoms with Gasteiger partial charge in [0.1, 0.15) is 0 Å². The van der Waals surface area contributed by atoms with Gasteiger partial charge in [0.25, 0.3) is 5.91 Å². The van der Waals surface area contributed by atoms with Crippen LogP contribution in [0.15, 0.2) is 77.3 Å². The van der Waals surface area contributed by atoms with Crippen LogP contribution in [0.5, 0.6) is 0 Å². The molecule has 0 atom stereocenters. The van der Waals surface area contributed by atoms with Crippen LogP contribution in [-0.4, -0.2) is 30.8 Å². The Hall–Kier alpha value is -3.45. The molecule has 2 N–H and O–H groups in total. The number of benzene rings is 3. The van der Waals surface area contributed by atoms with Crippen molar-refractivity contribution < 1.29 is 14.4 Å². The van der Waals surface area contributed by atoms with Crippen LogP contribution in [-0.2, 0) is 0 Å². The lowest BCUT2D eigenvalue weighted by atomic mass is 9.98. The van der Waals surface area contributed by atoms with Crippen molar-refractivity contribution in [3.05, 3.63) is 94.0 Å². The number of urea groups is 1. The summed E-state index contributed by atoms with van der Waals surface area (Å²) in [5.74, 6) is -0.591. The first-order valence-electron chi connectivity index (χ1n) is 9.39. The Balaban J connectivity index is 1.53. The predicted molar refractivity (Wildman–Crippen MR) is 119 cm³/mol. The normalized spacial score (nSPS) is 13.1. The standard InChI is InChI=1S/C23H18BrN3O3/c24-16-7-5-15(6-8-16)21(28)19-3-1-2-4-20(19)22(29)26-17-9-11-18(12-10-17)27-14-13-25-23(27)30/h1-12H,13-14H2,(H,25,30)(H,26,29). The van der Waals surface area contributed by atoms with E-state index < -0.39 is 0 Å². The van der Waals surface area contributed by atoms with Crippen LogP contribution in [0.2, 0.25) is 0 Å². The van der Waals surface area contributed by atoms with E-state index in [2.05, 4.69) is 26.6 Å². The largest absolute Gasteiger partial charge is 0.336 e. The Morgan fingerprint density at radius 2 is 1.57 bits per heavy atom. The number of anilines is 2. The molecule has 0 bridgehead atoms. The minimum Gasteiger partial charge on any atom is -0.336 e. The first-order valence-corrected chi connectivity index (χ1v) is 10.2. The molecule has 0 radical (unpaired) electrons. The van der Waals surface area contributed by atoms with Crippen LogP contribution >= 0.6 is 15.9 Å². The highest BCUT2D eigenvalue weighted by Crippen LogP contribution is 2.22. The van der Waals surface area contributed by atoms with Gasteiger partial charge in [0, 0.05) is 40.1 Å². The number of nitrogens with zero attached hydrogens (tertiary/aromatic N) is 1. The highest BCUT2D eigenvalue weighted by atomic mass is 79.9. The van der Waals surface area contributed by atoms with E-state index in [1.807, 2.05) is 0 Å². The molecule has 0 aliphatic carbocycles. The highest BCUT2D eigenvalue weighted by Gasteiger charge is 2.21. The lowest BCUT2D eigenvalue weighted by Gasteiger charge is -2.15. The molecule has 3 aromatic rings. The van der Waals surface area contributed by atoms with Gasteiger partial charge in [-0.1, -0.05) is 34.1 Å². The van der Waals surface area contributed by atoms with E-state index in [0.717, 1.165) is 10.2 Å². The van der Waals surface area contributed by atoms with Gasteiger partial charge in [-0.05, 0) is 54.6 Å². The van der Waals surface area contributed by atoms with Crippen LogP contribution < -0.4 is 15.5 Å². The summed E-state index contributed by atoms with van der Waals surface area (Å²) in [6.07, 6.45) is 0. The van der Waals surface area contributed by atoms with E-state index in [9.17, 15) is 14.4 Å². The zero-order valence-corrected chi connectivity index (χ0v) is 17.5. The summed E-state index contributed by atoms with van der Waals surface area (Å²) < 4.78 is 0.875. The van der Waals surface area contributed by atoms with Crippen molar-refractivity contribution in [2.45, 2.75) is 0 Å². The summed E-state index contributed by atoms with van der Waals surface area (Å²) in [6, 6.07) is 20.6. The molecule has 1 saturated heterocycles. The molecule has 1 aliphatic heterocycles. The second kappa shape index (κ2) is 8.51. The molecular formula is C23H18BrN3O3. The van der Waals surface area contributed by atoms with E-state index in [1.54, 1.807) is 77.7 Å². The van der Waals surface area contributed by atoms with Crippen LogP contribution in [0, 0.1) is 0 Å². The lowest BCUT2D eigenvalue weighted by molar-refractivity contribution is 0.0996. The zero-order valence-electron chi connectivity index (χ0n) is 15.9. The van der Waals surface area contributed by atoms with Gasteiger partial charge in [-0.25, -0.2) is 4.79 Å². The molecule has 1 aliphatic rings. The summed E-state index contributed by atoms with van der Waals surface area (Å²) in [5.41, 5.74) is 2.48. The SMILES string of the molecule is O=C(Nc1ccc(N2CCNC2=O)cc1)c1ccccc1C(=O)c1ccc(Br)cc1. The van der Waals surface area contributed by atoms with Gasteiger partial charge in [-0.2, -0.15) is 0 Å². The smallest absolute Gasteiger partial charge is 0.321 e. The number of amides is 3. The van der Waals surface area contributed by atoms with E-state index in [1.165, 1.54) is 0 Å². The van der Waals surface area contributed by atoms with Crippen molar-refractivity contribution in [2.75, 3.05) is 23.3 Å². The average molecular weight is 464 g/mol. The van der Waals surface area contributed by atoms with Crippen molar-refractivity contribution in [3.63, 3.8) is 0 Å². The van der Waals surface area contributed by atoms with Crippen LogP contribution in [0.25, 0.3) is 0 Å². The molecule has 0 unspecified atom stereocenters. The summed E-state index contributed by atoms with van der Waals surface area (Å²) in [6.45, 7) is 1.22. The van der Waals surface area contributed by atoms with Gasteiger partial charge in [-0.3, -0.25) is 14.5 Å². The minimum atomic E-state index is -0.372. The molecule has 30 heavy (non-hydrogen) atoms. The van der Waals surface area contributed by atoms with E-state index in [0.29, 0.717) is 35.5 Å². The Morgan fingerprint density at radius 3 is 2.20 bits per heavy atom. The molecule has 0 saturated carbocycles. The number of hydrogen-bond donors (Lipinski definition) is 2. The number of nitrogens with one attached hydrogen (secondary N) is 2. The van der Waals surface area contributed by atoms with Gasteiger partial charge in [-0.15, -0.1) is 0 Å². The first-order chi connectivity index (χ1) is 14.5. The third-order valence-electron chi connectivity index (χ3n) is 4.82. The molecule has 0 spiro atoms. The molecule has 0 aromatic heterocycles. The van der Waals surface area contributed by atoms with Crippen LogP contribution in [0.4, 0.5) is 16.2 Å². The van der Waals surface area contributed by atoms with Gasteiger partial charge in [0.2, 0.25) is 0 Å². The fraction of sp³-hybridized carbons (Fsp3) is 0.0870. The number of ketones is 1. The van der Waals surface area contributed by atoms with Crippen molar-refractivity contribution in [2.24, 2.45) is 0 Å². The van der Waals surface area contributed by atoms with Crippen molar-refractivity contribution >= 4 is 45.0 Å². The molecule has 7 heteroatoms. The van der Waals surface area contributed by atoms with E-state index in [4.69, 9.17) is 0 Å². The average Bonchev–Trinajstić information content (AvgIpc) is 3.20. The second-order valence-corrected chi connectivity index (χ2v) is 7.68. The summed E-state index contributed by atoms with van der Waals surface area (Å²) in [7, 11) is 0. The van der Waals surface area contributed by atoms with Gasteiger partial charge < -0.3 is 10.6 Å². The van der Waals surface area contributed by atoms with Gasteiger partial charge in [0.05, 0.1) is 5.56 Å². The van der Waals surface area contributed by atoms with Crippen molar-refractivity contribution in [1.29, 1.82) is 0 Å². The summed E-state index contributed by atoms with van der Waals surface area (Å²) >= 11 is 3.35. The molecule has 3 aromatic carbocycles. The number of halogens is 1. The lowest BCUT2D eigenvalue weighted by Crippen LogP contribution is -2.27. The maximum absolute atomic E-state index is 12.9. The molecule has 3 amide bonds. The topological polar surface area (TPSA) is 78.5 Å². The summed E-state index contributed by atoms with van der Waals surface area (Å²) in [5, 5.41) is 5.58. The third kappa shape index (κ3) is 4.11. The Bertz CT molecular complexity index is 1110. The van der Waals surface area contributed by atoms with E-state index >= 15 is 0 Å². The monoisotopic (exact) mass is 463 g/mol. The number of carbonyl (C=O) groups excluding carboxylic acids is 3. The fourth-order valence-corrected chi connectivity index (χ4v) is 3.54. The predicted octanol–water partition coefficient (Wildman–Crippen LogP) is 4.46. The third-order valence-corrected chi connectivity index (χ3v) is 5.35. The molecule has 1 heterocycles. The zero-order chi connectivity index (χ0) is 21.1. The van der Waals surface area contributed by atoms with E-state index in [-0.39, 0.29) is 17.7 Å². The molecule has 4 rings (SSSR count). The Morgan fingerprint density at radius 1 is 0.900 bits per heavy atom. The van der Waals surface area contributed by atoms with Gasteiger partial charge in [0.15, 0.2) is 5.78 Å². The second-order valence-electron chi connectivity index (χ2n) is 6.77. The Kier molecular flexibility index (Phi) is 5.63. The van der Waals surface area contributed by atoms with Crippen LogP contribution in [0.1, 0.15) is 26.3 Å². The summed E-state index contributed by atoms with van der Waals surface area (Å²) in [4.78, 5) is 39.2.